The Hall–Kier alpha value is -3.51. The maximum absolute atomic E-state index is 12.9. The fourth-order valence-corrected chi connectivity index (χ4v) is 4.94. The molecule has 1 N–H and O–H groups in total. The third-order valence-electron chi connectivity index (χ3n) is 6.06. The number of nitrogens with one attached hydrogen (secondary N) is 1. The van der Waals surface area contributed by atoms with Gasteiger partial charge in [0.25, 0.3) is 0 Å². The van der Waals surface area contributed by atoms with E-state index in [9.17, 15) is 9.59 Å². The number of hydrogen-bond acceptors (Lipinski definition) is 4. The topological polar surface area (TPSA) is 62.3 Å². The van der Waals surface area contributed by atoms with Crippen molar-refractivity contribution in [1.82, 2.24) is 9.88 Å². The van der Waals surface area contributed by atoms with E-state index in [1.54, 1.807) is 4.90 Å². The molecule has 3 aromatic carbocycles. The average molecular weight is 442 g/mol. The highest BCUT2D eigenvalue weighted by atomic mass is 32.1. The minimum atomic E-state index is -0.373. The normalized spacial score (nSPS) is 17.0. The van der Waals surface area contributed by atoms with Crippen LogP contribution >= 0.6 is 11.3 Å². The molecule has 1 fully saturated rings. The van der Waals surface area contributed by atoms with E-state index in [-0.39, 0.29) is 30.2 Å². The van der Waals surface area contributed by atoms with Crippen LogP contribution < -0.4 is 5.32 Å². The molecule has 4 aromatic rings. The molecule has 2 heterocycles. The van der Waals surface area contributed by atoms with E-state index < -0.39 is 0 Å². The van der Waals surface area contributed by atoms with Gasteiger partial charge in [0, 0.05) is 23.9 Å². The number of anilines is 1. The first-order valence-corrected chi connectivity index (χ1v) is 11.6. The van der Waals surface area contributed by atoms with Crippen molar-refractivity contribution in [1.29, 1.82) is 0 Å². The molecule has 0 radical (unpaired) electrons. The van der Waals surface area contributed by atoms with Crippen molar-refractivity contribution in [3.05, 3.63) is 83.7 Å². The van der Waals surface area contributed by atoms with Crippen LogP contribution in [0.4, 0.5) is 5.13 Å². The monoisotopic (exact) mass is 441 g/mol. The minimum Gasteiger partial charge on any atom is -0.335 e. The molecule has 160 valence electrons. The number of thiazole rings is 1. The Morgan fingerprint density at radius 2 is 1.81 bits per heavy atom. The molecule has 1 aromatic heterocycles. The van der Waals surface area contributed by atoms with Gasteiger partial charge in [-0.05, 0) is 29.3 Å². The lowest BCUT2D eigenvalue weighted by atomic mass is 10.1. The molecule has 0 aliphatic carbocycles. The molecule has 5 rings (SSSR count). The first kappa shape index (κ1) is 20.4. The number of rotatable bonds is 5. The van der Waals surface area contributed by atoms with Crippen LogP contribution in [0.15, 0.2) is 78.2 Å². The zero-order valence-corrected chi connectivity index (χ0v) is 18.5. The van der Waals surface area contributed by atoms with Gasteiger partial charge in [0.2, 0.25) is 11.8 Å². The van der Waals surface area contributed by atoms with E-state index in [0.29, 0.717) is 11.7 Å². The van der Waals surface area contributed by atoms with Crippen molar-refractivity contribution in [2.45, 2.75) is 19.4 Å². The number of nitrogens with zero attached hydrogens (tertiary/aromatic N) is 2. The van der Waals surface area contributed by atoms with Crippen LogP contribution in [0, 0.1) is 5.92 Å². The van der Waals surface area contributed by atoms with Gasteiger partial charge < -0.3 is 10.2 Å². The third-order valence-corrected chi connectivity index (χ3v) is 6.82. The van der Waals surface area contributed by atoms with Gasteiger partial charge in [-0.1, -0.05) is 66.7 Å². The number of carbonyl (C=O) groups is 2. The van der Waals surface area contributed by atoms with Gasteiger partial charge in [-0.3, -0.25) is 9.59 Å². The van der Waals surface area contributed by atoms with Gasteiger partial charge in [0.15, 0.2) is 5.13 Å². The van der Waals surface area contributed by atoms with E-state index >= 15 is 0 Å². The summed E-state index contributed by atoms with van der Waals surface area (Å²) < 4.78 is 0. The largest absolute Gasteiger partial charge is 0.335 e. The second-order valence-corrected chi connectivity index (χ2v) is 8.98. The highest BCUT2D eigenvalue weighted by Gasteiger charge is 2.37. The molecule has 1 saturated heterocycles. The lowest BCUT2D eigenvalue weighted by Crippen LogP contribution is -2.30. The summed E-state index contributed by atoms with van der Waals surface area (Å²) in [6.07, 6.45) is 0.228. The van der Waals surface area contributed by atoms with Crippen molar-refractivity contribution in [3.8, 4) is 11.3 Å². The lowest BCUT2D eigenvalue weighted by molar-refractivity contribution is -0.129. The van der Waals surface area contributed by atoms with Gasteiger partial charge in [0.1, 0.15) is 0 Å². The molecule has 0 bridgehead atoms. The van der Waals surface area contributed by atoms with Crippen molar-refractivity contribution in [2.75, 3.05) is 11.9 Å². The smallest absolute Gasteiger partial charge is 0.231 e. The Kier molecular flexibility index (Phi) is 5.45. The van der Waals surface area contributed by atoms with Crippen LogP contribution in [0.25, 0.3) is 22.0 Å². The van der Waals surface area contributed by atoms with Gasteiger partial charge in [-0.25, -0.2) is 4.98 Å². The zero-order chi connectivity index (χ0) is 22.1. The molecule has 0 saturated carbocycles. The van der Waals surface area contributed by atoms with Crippen LogP contribution in [-0.4, -0.2) is 28.2 Å². The van der Waals surface area contributed by atoms with E-state index in [0.717, 1.165) is 22.2 Å². The fraction of sp³-hybridized carbons (Fsp3) is 0.192. The number of fused-ring (bicyclic) bond motifs is 1. The molecule has 1 aliphatic heterocycles. The summed E-state index contributed by atoms with van der Waals surface area (Å²) in [5.74, 6) is -0.514. The Bertz CT molecular complexity index is 1280. The summed E-state index contributed by atoms with van der Waals surface area (Å²) in [6.45, 7) is 2.42. The average Bonchev–Trinajstić information content (AvgIpc) is 3.45. The molecule has 2 amide bonds. The van der Waals surface area contributed by atoms with Gasteiger partial charge >= 0.3 is 0 Å². The zero-order valence-electron chi connectivity index (χ0n) is 17.7. The van der Waals surface area contributed by atoms with Crippen LogP contribution in [0.1, 0.15) is 24.9 Å². The van der Waals surface area contributed by atoms with Crippen molar-refractivity contribution in [3.63, 3.8) is 0 Å². The Labute approximate surface area is 190 Å². The Morgan fingerprint density at radius 3 is 2.62 bits per heavy atom. The van der Waals surface area contributed by atoms with Gasteiger partial charge in [-0.15, -0.1) is 11.3 Å². The number of aromatic nitrogens is 1. The molecule has 6 heteroatoms. The summed E-state index contributed by atoms with van der Waals surface area (Å²) in [7, 11) is 0. The summed E-state index contributed by atoms with van der Waals surface area (Å²) in [5, 5.41) is 7.76. The van der Waals surface area contributed by atoms with Gasteiger partial charge in [-0.2, -0.15) is 0 Å². The first-order valence-electron chi connectivity index (χ1n) is 10.7. The first-order chi connectivity index (χ1) is 15.6. The van der Waals surface area contributed by atoms with E-state index in [1.165, 1.54) is 16.7 Å². The van der Waals surface area contributed by atoms with Crippen LogP contribution in [-0.2, 0) is 9.59 Å². The number of likely N-dealkylation sites (tertiary alicyclic amines) is 1. The van der Waals surface area contributed by atoms with Crippen LogP contribution in [0.3, 0.4) is 0 Å². The summed E-state index contributed by atoms with van der Waals surface area (Å²) in [4.78, 5) is 31.8. The summed E-state index contributed by atoms with van der Waals surface area (Å²) in [5.41, 5.74) is 2.92. The van der Waals surface area contributed by atoms with Crippen LogP contribution in [0.5, 0.6) is 0 Å². The predicted molar refractivity (Wildman–Crippen MR) is 128 cm³/mol. The molecule has 2 atom stereocenters. The van der Waals surface area contributed by atoms with Gasteiger partial charge in [0.05, 0.1) is 17.7 Å². The molecular weight excluding hydrogens is 418 g/mol. The van der Waals surface area contributed by atoms with E-state index in [2.05, 4.69) is 34.6 Å². The summed E-state index contributed by atoms with van der Waals surface area (Å²) >= 11 is 1.40. The predicted octanol–water partition coefficient (Wildman–Crippen LogP) is 5.51. The number of benzene rings is 3. The minimum absolute atomic E-state index is 0.0116. The van der Waals surface area contributed by atoms with E-state index in [1.807, 2.05) is 60.8 Å². The number of amides is 2. The highest BCUT2D eigenvalue weighted by molar-refractivity contribution is 7.14. The third kappa shape index (κ3) is 4.01. The molecule has 5 nitrogen and oxygen atoms in total. The summed E-state index contributed by atoms with van der Waals surface area (Å²) in [6, 6.07) is 24.3. The van der Waals surface area contributed by atoms with Crippen LogP contribution in [0.2, 0.25) is 0 Å². The lowest BCUT2D eigenvalue weighted by Gasteiger charge is -2.25. The fourth-order valence-electron chi connectivity index (χ4n) is 4.21. The molecule has 2 unspecified atom stereocenters. The SMILES string of the molecule is CC(c1ccccc1)N1CC(C(=O)Nc2nc(-c3ccc4ccccc4c3)cs2)CC1=O. The number of carbonyl (C=O) groups excluding carboxylic acids is 2. The van der Waals surface area contributed by atoms with Crippen molar-refractivity contribution >= 4 is 39.1 Å². The Balaban J connectivity index is 1.26. The molecule has 32 heavy (non-hydrogen) atoms. The highest BCUT2D eigenvalue weighted by Crippen LogP contribution is 2.31. The van der Waals surface area contributed by atoms with E-state index in [4.69, 9.17) is 0 Å². The molecule has 0 spiro atoms. The van der Waals surface area contributed by atoms with Crippen molar-refractivity contribution < 1.29 is 9.59 Å². The standard InChI is InChI=1S/C26H23N3O2S/c1-17(18-7-3-2-4-8-18)29-15-22(14-24(29)30)25(31)28-26-27-23(16-32-26)21-12-11-19-9-5-6-10-20(19)13-21/h2-13,16-17,22H,14-15H2,1H3,(H,27,28,31). The Morgan fingerprint density at radius 1 is 1.06 bits per heavy atom. The van der Waals surface area contributed by atoms with Crippen molar-refractivity contribution in [2.24, 2.45) is 5.92 Å². The maximum atomic E-state index is 12.9. The quantitative estimate of drug-likeness (QED) is 0.444. The second kappa shape index (κ2) is 8.55. The number of hydrogen-bond donors (Lipinski definition) is 1. The second-order valence-electron chi connectivity index (χ2n) is 8.12. The molecule has 1 aliphatic rings. The molecular formula is C26H23N3O2S. The maximum Gasteiger partial charge on any atom is 0.231 e.